The third-order valence-electron chi connectivity index (χ3n) is 1.54. The number of carbonyl (C=O) groups excluding carboxylic acids is 1. The number of hydrogen-bond donors (Lipinski definition) is 4. The number of primary amides is 1. The molecule has 0 aromatic heterocycles. The Morgan fingerprint density at radius 2 is 2.00 bits per heavy atom. The van der Waals surface area contributed by atoms with Gasteiger partial charge in [0.15, 0.2) is 6.29 Å². The van der Waals surface area contributed by atoms with E-state index in [1.165, 1.54) is 0 Å². The number of urea groups is 1. The molecule has 0 saturated heterocycles. The fourth-order valence-electron chi connectivity index (χ4n) is 0.955. The lowest BCUT2D eigenvalue weighted by atomic mass is 10.3. The molecule has 1 unspecified atom stereocenters. The van der Waals surface area contributed by atoms with Crippen LogP contribution in [0.25, 0.3) is 0 Å². The number of nitrogens with one attached hydrogen (secondary N) is 2. The van der Waals surface area contributed by atoms with E-state index in [-0.39, 0.29) is 0 Å². The molecular formula is C8H10Cl2N4O. The van der Waals surface area contributed by atoms with Crippen molar-refractivity contribution in [2.45, 2.75) is 6.29 Å². The van der Waals surface area contributed by atoms with Crippen LogP contribution in [0.4, 0.5) is 10.5 Å². The second-order valence-electron chi connectivity index (χ2n) is 2.76. The van der Waals surface area contributed by atoms with Crippen molar-refractivity contribution in [1.29, 1.82) is 0 Å². The van der Waals surface area contributed by atoms with Crippen LogP contribution in [0.1, 0.15) is 0 Å². The van der Waals surface area contributed by atoms with Gasteiger partial charge < -0.3 is 16.4 Å². The van der Waals surface area contributed by atoms with E-state index in [1.54, 1.807) is 18.2 Å². The number of anilines is 1. The van der Waals surface area contributed by atoms with Gasteiger partial charge >= 0.3 is 6.03 Å². The largest absolute Gasteiger partial charge is 0.353 e. The highest BCUT2D eigenvalue weighted by molar-refractivity contribution is 6.42. The van der Waals surface area contributed by atoms with Gasteiger partial charge in [-0.05, 0) is 18.2 Å². The first kappa shape index (κ1) is 11.9. The maximum absolute atomic E-state index is 10.5. The van der Waals surface area contributed by atoms with Crippen molar-refractivity contribution in [3.63, 3.8) is 0 Å². The first-order valence-electron chi connectivity index (χ1n) is 4.02. The van der Waals surface area contributed by atoms with Crippen molar-refractivity contribution >= 4 is 34.9 Å². The Morgan fingerprint density at radius 1 is 1.33 bits per heavy atom. The average Bonchev–Trinajstić information content (AvgIpc) is 2.10. The number of hydrogen-bond acceptors (Lipinski definition) is 3. The summed E-state index contributed by atoms with van der Waals surface area (Å²) >= 11 is 11.5. The van der Waals surface area contributed by atoms with Gasteiger partial charge in [-0.3, -0.25) is 5.73 Å². The number of rotatable bonds is 3. The highest BCUT2D eigenvalue weighted by atomic mass is 35.5. The van der Waals surface area contributed by atoms with E-state index in [1.807, 2.05) is 0 Å². The molecule has 6 N–H and O–H groups in total. The third-order valence-corrected chi connectivity index (χ3v) is 2.28. The van der Waals surface area contributed by atoms with Gasteiger partial charge in [0, 0.05) is 5.69 Å². The van der Waals surface area contributed by atoms with Crippen molar-refractivity contribution in [2.24, 2.45) is 11.5 Å². The number of benzene rings is 1. The Bertz CT molecular complexity index is 372. The van der Waals surface area contributed by atoms with Crippen LogP contribution in [0.5, 0.6) is 0 Å². The van der Waals surface area contributed by atoms with E-state index in [0.717, 1.165) is 0 Å². The molecule has 0 aliphatic rings. The summed E-state index contributed by atoms with van der Waals surface area (Å²) in [7, 11) is 0. The molecule has 15 heavy (non-hydrogen) atoms. The zero-order chi connectivity index (χ0) is 11.4. The quantitative estimate of drug-likeness (QED) is 0.608. The fourth-order valence-corrected chi connectivity index (χ4v) is 1.25. The Balaban J connectivity index is 2.64. The summed E-state index contributed by atoms with van der Waals surface area (Å²) in [6, 6.07) is 4.17. The molecule has 0 fully saturated rings. The smallest absolute Gasteiger partial charge is 0.314 e. The molecule has 0 spiro atoms. The molecule has 0 heterocycles. The summed E-state index contributed by atoms with van der Waals surface area (Å²) in [6.07, 6.45) is -0.778. The van der Waals surface area contributed by atoms with Gasteiger partial charge in [-0.1, -0.05) is 23.2 Å². The molecule has 2 amide bonds. The van der Waals surface area contributed by atoms with Crippen LogP contribution in [0.15, 0.2) is 18.2 Å². The van der Waals surface area contributed by atoms with E-state index >= 15 is 0 Å². The standard InChI is InChI=1S/C8H10Cl2N4O/c9-5-2-1-4(3-6(5)10)13-7(11)14-8(12)15/h1-3,7,13H,11H2,(H3,12,14,15). The summed E-state index contributed by atoms with van der Waals surface area (Å²) in [6.45, 7) is 0. The summed E-state index contributed by atoms with van der Waals surface area (Å²) in [4.78, 5) is 10.5. The van der Waals surface area contributed by atoms with Crippen LogP contribution >= 0.6 is 23.2 Å². The van der Waals surface area contributed by atoms with Crippen LogP contribution < -0.4 is 22.1 Å². The van der Waals surface area contributed by atoms with Crippen molar-refractivity contribution in [3.8, 4) is 0 Å². The molecule has 82 valence electrons. The molecule has 0 aliphatic carbocycles. The van der Waals surface area contributed by atoms with Crippen LogP contribution in [0.2, 0.25) is 10.0 Å². The van der Waals surface area contributed by atoms with Gasteiger partial charge in [0.1, 0.15) is 0 Å². The van der Waals surface area contributed by atoms with Gasteiger partial charge in [0.25, 0.3) is 0 Å². The zero-order valence-electron chi connectivity index (χ0n) is 7.63. The van der Waals surface area contributed by atoms with Crippen molar-refractivity contribution in [3.05, 3.63) is 28.2 Å². The van der Waals surface area contributed by atoms with Gasteiger partial charge in [-0.15, -0.1) is 0 Å². The molecule has 0 radical (unpaired) electrons. The molecule has 1 atom stereocenters. The average molecular weight is 249 g/mol. The van der Waals surface area contributed by atoms with E-state index in [4.69, 9.17) is 34.7 Å². The molecular weight excluding hydrogens is 239 g/mol. The topological polar surface area (TPSA) is 93.2 Å². The SMILES string of the molecule is NC(=O)NC(N)Nc1ccc(Cl)c(Cl)c1. The van der Waals surface area contributed by atoms with Crippen molar-refractivity contribution in [2.75, 3.05) is 5.32 Å². The minimum absolute atomic E-state index is 0.396. The van der Waals surface area contributed by atoms with Gasteiger partial charge in [0.2, 0.25) is 0 Å². The lowest BCUT2D eigenvalue weighted by Gasteiger charge is -2.15. The normalized spacial score (nSPS) is 11.9. The molecule has 0 saturated carbocycles. The van der Waals surface area contributed by atoms with Crippen LogP contribution in [0.3, 0.4) is 0 Å². The van der Waals surface area contributed by atoms with E-state index in [2.05, 4.69) is 10.6 Å². The number of halogens is 2. The zero-order valence-corrected chi connectivity index (χ0v) is 9.14. The Morgan fingerprint density at radius 3 is 2.53 bits per heavy atom. The number of amides is 2. The summed E-state index contributed by atoms with van der Waals surface area (Å²) in [5.41, 5.74) is 11.0. The van der Waals surface area contributed by atoms with E-state index in [9.17, 15) is 4.79 Å². The predicted molar refractivity (Wildman–Crippen MR) is 60.8 cm³/mol. The minimum Gasteiger partial charge on any atom is -0.353 e. The number of carbonyl (C=O) groups is 1. The summed E-state index contributed by atoms with van der Waals surface area (Å²) < 4.78 is 0. The monoisotopic (exact) mass is 248 g/mol. The molecule has 0 bridgehead atoms. The van der Waals surface area contributed by atoms with Crippen molar-refractivity contribution < 1.29 is 4.79 Å². The lowest BCUT2D eigenvalue weighted by Crippen LogP contribution is -2.49. The van der Waals surface area contributed by atoms with Crippen LogP contribution in [-0.2, 0) is 0 Å². The van der Waals surface area contributed by atoms with Crippen LogP contribution in [-0.4, -0.2) is 12.3 Å². The first-order valence-corrected chi connectivity index (χ1v) is 4.78. The second kappa shape index (κ2) is 5.06. The van der Waals surface area contributed by atoms with Crippen molar-refractivity contribution in [1.82, 2.24) is 5.32 Å². The van der Waals surface area contributed by atoms with Gasteiger partial charge in [0.05, 0.1) is 10.0 Å². The molecule has 5 nitrogen and oxygen atoms in total. The highest BCUT2D eigenvalue weighted by Crippen LogP contribution is 2.24. The first-order chi connectivity index (χ1) is 6.99. The molecule has 1 aromatic rings. The molecule has 1 aromatic carbocycles. The summed E-state index contributed by atoms with van der Waals surface area (Å²) in [5.74, 6) is 0. The Labute approximate surface area is 96.7 Å². The van der Waals surface area contributed by atoms with Crippen LogP contribution in [0, 0.1) is 0 Å². The van der Waals surface area contributed by atoms with Gasteiger partial charge in [-0.25, -0.2) is 4.79 Å². The maximum atomic E-state index is 10.5. The van der Waals surface area contributed by atoms with E-state index < -0.39 is 12.3 Å². The highest BCUT2D eigenvalue weighted by Gasteiger charge is 2.05. The third kappa shape index (κ3) is 3.83. The summed E-state index contributed by atoms with van der Waals surface area (Å²) in [5, 5.41) is 5.86. The second-order valence-corrected chi connectivity index (χ2v) is 3.57. The fraction of sp³-hybridized carbons (Fsp3) is 0.125. The maximum Gasteiger partial charge on any atom is 0.314 e. The van der Waals surface area contributed by atoms with E-state index in [0.29, 0.717) is 15.7 Å². The Kier molecular flexibility index (Phi) is 4.02. The molecule has 1 rings (SSSR count). The lowest BCUT2D eigenvalue weighted by molar-refractivity contribution is 0.246. The minimum atomic E-state index is -0.778. The molecule has 7 heteroatoms. The predicted octanol–water partition coefficient (Wildman–Crippen LogP) is 1.32. The number of nitrogens with two attached hydrogens (primary N) is 2. The molecule has 0 aliphatic heterocycles. The van der Waals surface area contributed by atoms with Gasteiger partial charge in [-0.2, -0.15) is 0 Å². The Hall–Kier alpha value is -1.17.